The molecule has 0 atom stereocenters. The number of nitrogens with zero attached hydrogens (tertiary/aromatic N) is 2. The molecule has 1 rings (SSSR count). The molecule has 0 radical (unpaired) electrons. The predicted molar refractivity (Wildman–Crippen MR) is 46.9 cm³/mol. The minimum Gasteiger partial charge on any atom is -0.503 e. The molecular formula is C9H5F5N2O2. The Hall–Kier alpha value is -2.11. The number of halogens is 5. The van der Waals surface area contributed by atoms with E-state index in [1.807, 2.05) is 0 Å². The molecule has 0 aromatic carbocycles. The van der Waals surface area contributed by atoms with Crippen LogP contribution in [0, 0.1) is 11.3 Å². The van der Waals surface area contributed by atoms with Gasteiger partial charge in [-0.15, -0.1) is 13.2 Å². The van der Waals surface area contributed by atoms with Gasteiger partial charge in [0.25, 0.3) is 12.3 Å². The Morgan fingerprint density at radius 1 is 1.44 bits per heavy atom. The number of hydrogen-bond donors (Lipinski definition) is 1. The number of pyridine rings is 1. The molecule has 0 aliphatic rings. The highest BCUT2D eigenvalue weighted by Gasteiger charge is 2.34. The Kier molecular flexibility index (Phi) is 3.90. The van der Waals surface area contributed by atoms with Gasteiger partial charge in [0.1, 0.15) is 0 Å². The van der Waals surface area contributed by atoms with Gasteiger partial charge in [-0.05, 0) is 6.07 Å². The van der Waals surface area contributed by atoms with E-state index in [2.05, 4.69) is 9.72 Å². The third-order valence-electron chi connectivity index (χ3n) is 1.75. The lowest BCUT2D eigenvalue weighted by Crippen LogP contribution is -2.18. The summed E-state index contributed by atoms with van der Waals surface area (Å²) in [7, 11) is 0. The summed E-state index contributed by atoms with van der Waals surface area (Å²) in [4.78, 5) is 3.14. The highest BCUT2D eigenvalue weighted by atomic mass is 19.4. The second-order valence-electron chi connectivity index (χ2n) is 3.04. The molecule has 0 spiro atoms. The summed E-state index contributed by atoms with van der Waals surface area (Å²) in [6, 6.07) is 2.18. The number of aromatic nitrogens is 1. The highest BCUT2D eigenvalue weighted by molar-refractivity contribution is 5.43. The number of alkyl halides is 5. The molecule has 1 N–H and O–H groups in total. The van der Waals surface area contributed by atoms with Crippen molar-refractivity contribution in [3.63, 3.8) is 0 Å². The zero-order valence-corrected chi connectivity index (χ0v) is 8.50. The van der Waals surface area contributed by atoms with Crippen molar-refractivity contribution in [3.8, 4) is 17.7 Å². The summed E-state index contributed by atoms with van der Waals surface area (Å²) in [5.41, 5.74) is -1.43. The van der Waals surface area contributed by atoms with Gasteiger partial charge in [-0.1, -0.05) is 0 Å². The maximum Gasteiger partial charge on any atom is 0.574 e. The zero-order valence-electron chi connectivity index (χ0n) is 8.50. The second kappa shape index (κ2) is 5.03. The molecule has 18 heavy (non-hydrogen) atoms. The lowest BCUT2D eigenvalue weighted by atomic mass is 10.2. The number of ether oxygens (including phenoxy) is 1. The van der Waals surface area contributed by atoms with Crippen LogP contribution in [0.1, 0.15) is 17.7 Å². The first kappa shape index (κ1) is 14.0. The van der Waals surface area contributed by atoms with Crippen molar-refractivity contribution in [1.82, 2.24) is 4.98 Å². The number of aromatic hydroxyl groups is 1. The molecule has 0 aliphatic carbocycles. The molecule has 9 heteroatoms. The molecule has 0 saturated heterocycles. The monoisotopic (exact) mass is 268 g/mol. The average Bonchev–Trinajstić information content (AvgIpc) is 2.20. The molecule has 0 amide bonds. The van der Waals surface area contributed by atoms with Crippen LogP contribution in [0.15, 0.2) is 6.07 Å². The smallest absolute Gasteiger partial charge is 0.503 e. The molecular weight excluding hydrogens is 263 g/mol. The van der Waals surface area contributed by atoms with E-state index in [4.69, 9.17) is 10.4 Å². The van der Waals surface area contributed by atoms with E-state index in [0.29, 0.717) is 6.07 Å². The Morgan fingerprint density at radius 2 is 2.06 bits per heavy atom. The Bertz CT molecular complexity index is 481. The van der Waals surface area contributed by atoms with Crippen molar-refractivity contribution < 1.29 is 31.8 Å². The fourth-order valence-electron chi connectivity index (χ4n) is 1.11. The molecule has 98 valence electrons. The van der Waals surface area contributed by atoms with E-state index in [9.17, 15) is 22.0 Å². The summed E-state index contributed by atoms with van der Waals surface area (Å²) in [6.07, 6.45) is -8.90. The highest BCUT2D eigenvalue weighted by Crippen LogP contribution is 2.37. The lowest BCUT2D eigenvalue weighted by Gasteiger charge is -2.12. The number of nitriles is 1. The fraction of sp³-hybridized carbons (Fsp3) is 0.333. The molecule has 0 saturated carbocycles. The van der Waals surface area contributed by atoms with E-state index in [1.54, 1.807) is 0 Å². The summed E-state index contributed by atoms with van der Waals surface area (Å²) >= 11 is 0. The van der Waals surface area contributed by atoms with Gasteiger partial charge in [-0.3, -0.25) is 0 Å². The van der Waals surface area contributed by atoms with Gasteiger partial charge in [-0.2, -0.15) is 5.26 Å². The fourth-order valence-corrected chi connectivity index (χ4v) is 1.11. The number of rotatable bonds is 3. The van der Waals surface area contributed by atoms with Crippen molar-refractivity contribution in [1.29, 1.82) is 5.26 Å². The maximum atomic E-state index is 12.5. The van der Waals surface area contributed by atoms with E-state index >= 15 is 0 Å². The van der Waals surface area contributed by atoms with Crippen LogP contribution in [-0.4, -0.2) is 16.5 Å². The molecule has 4 nitrogen and oxygen atoms in total. The van der Waals surface area contributed by atoms with E-state index < -0.39 is 36.4 Å². The van der Waals surface area contributed by atoms with Crippen LogP contribution in [0.2, 0.25) is 0 Å². The first-order valence-electron chi connectivity index (χ1n) is 4.38. The standard InChI is InChI=1S/C9H5F5N2O2/c10-7(11)5-3-4(1-2-15)16-8(6(5)17)18-9(12,13)14/h3,7,17H,1H2. The van der Waals surface area contributed by atoms with Crippen LogP contribution in [0.3, 0.4) is 0 Å². The topological polar surface area (TPSA) is 66.1 Å². The molecule has 0 bridgehead atoms. The van der Waals surface area contributed by atoms with Crippen molar-refractivity contribution >= 4 is 0 Å². The van der Waals surface area contributed by atoms with Crippen molar-refractivity contribution in [3.05, 3.63) is 17.3 Å². The SMILES string of the molecule is N#CCc1cc(C(F)F)c(O)c(OC(F)(F)F)n1. The van der Waals surface area contributed by atoms with E-state index in [-0.39, 0.29) is 5.69 Å². The molecule has 0 unspecified atom stereocenters. The summed E-state index contributed by atoms with van der Waals surface area (Å²) in [6.45, 7) is 0. The summed E-state index contributed by atoms with van der Waals surface area (Å²) in [5, 5.41) is 17.5. The quantitative estimate of drug-likeness (QED) is 0.856. The van der Waals surface area contributed by atoms with Crippen molar-refractivity contribution in [2.75, 3.05) is 0 Å². The van der Waals surface area contributed by atoms with Gasteiger partial charge in [0.05, 0.1) is 23.7 Å². The van der Waals surface area contributed by atoms with Crippen LogP contribution in [0.25, 0.3) is 0 Å². The van der Waals surface area contributed by atoms with Gasteiger partial charge in [0.2, 0.25) is 0 Å². The number of hydrogen-bond acceptors (Lipinski definition) is 4. The third-order valence-corrected chi connectivity index (χ3v) is 1.75. The minimum atomic E-state index is -5.19. The molecule has 1 aromatic heterocycles. The largest absolute Gasteiger partial charge is 0.574 e. The van der Waals surface area contributed by atoms with Crippen LogP contribution in [0.5, 0.6) is 11.6 Å². The van der Waals surface area contributed by atoms with Gasteiger partial charge in [0, 0.05) is 0 Å². The first-order chi connectivity index (χ1) is 8.24. The van der Waals surface area contributed by atoms with Gasteiger partial charge < -0.3 is 9.84 Å². The Labute approximate surface area is 97.2 Å². The normalized spacial score (nSPS) is 11.4. The van der Waals surface area contributed by atoms with E-state index in [1.165, 1.54) is 6.07 Å². The summed E-state index contributed by atoms with van der Waals surface area (Å²) < 4.78 is 64.1. The molecule has 0 fully saturated rings. The average molecular weight is 268 g/mol. The first-order valence-corrected chi connectivity index (χ1v) is 4.38. The van der Waals surface area contributed by atoms with Crippen molar-refractivity contribution in [2.24, 2.45) is 0 Å². The van der Waals surface area contributed by atoms with Gasteiger partial charge in [0.15, 0.2) is 5.75 Å². The lowest BCUT2D eigenvalue weighted by molar-refractivity contribution is -0.276. The summed E-state index contributed by atoms with van der Waals surface area (Å²) in [5.74, 6) is -2.80. The van der Waals surface area contributed by atoms with Crippen LogP contribution >= 0.6 is 0 Å². The van der Waals surface area contributed by atoms with Gasteiger partial charge in [-0.25, -0.2) is 13.8 Å². The molecule has 1 aromatic rings. The minimum absolute atomic E-state index is 0.357. The zero-order chi connectivity index (χ0) is 13.9. The maximum absolute atomic E-state index is 12.5. The van der Waals surface area contributed by atoms with E-state index in [0.717, 1.165) is 0 Å². The predicted octanol–water partition coefficient (Wildman–Crippen LogP) is 2.69. The van der Waals surface area contributed by atoms with Crippen molar-refractivity contribution in [2.45, 2.75) is 19.2 Å². The third kappa shape index (κ3) is 3.44. The van der Waals surface area contributed by atoms with Crippen LogP contribution < -0.4 is 4.74 Å². The van der Waals surface area contributed by atoms with Crippen LogP contribution in [0.4, 0.5) is 22.0 Å². The van der Waals surface area contributed by atoms with Gasteiger partial charge >= 0.3 is 6.36 Å². The van der Waals surface area contributed by atoms with Crippen LogP contribution in [-0.2, 0) is 6.42 Å². The second-order valence-corrected chi connectivity index (χ2v) is 3.04. The molecule has 0 aliphatic heterocycles. The Morgan fingerprint density at radius 3 is 2.50 bits per heavy atom. The molecule has 1 heterocycles. The Balaban J connectivity index is 3.27.